The molecule has 29 heavy (non-hydrogen) atoms. The Bertz CT molecular complexity index is 876. The fraction of sp³-hybridized carbons (Fsp3) is 0.409. The summed E-state index contributed by atoms with van der Waals surface area (Å²) in [4.78, 5) is 27.6. The number of non-ortho nitro benzene ring substituents is 1. The number of rotatable bonds is 8. The lowest BCUT2D eigenvalue weighted by molar-refractivity contribution is -0.384. The van der Waals surface area contributed by atoms with E-state index in [-0.39, 0.29) is 24.2 Å². The Labute approximate surface area is 170 Å². The van der Waals surface area contributed by atoms with Gasteiger partial charge in [0.25, 0.3) is 5.69 Å². The van der Waals surface area contributed by atoms with Gasteiger partial charge in [0, 0.05) is 23.9 Å². The van der Waals surface area contributed by atoms with Crippen LogP contribution in [0.25, 0.3) is 0 Å². The molecule has 0 spiro atoms. The molecule has 3 rings (SSSR count). The summed E-state index contributed by atoms with van der Waals surface area (Å²) in [5, 5.41) is 11.1. The van der Waals surface area contributed by atoms with Crippen molar-refractivity contribution in [1.29, 1.82) is 0 Å². The van der Waals surface area contributed by atoms with Gasteiger partial charge in [0.05, 0.1) is 24.3 Å². The molecule has 0 unspecified atom stereocenters. The van der Waals surface area contributed by atoms with Gasteiger partial charge in [-0.3, -0.25) is 19.8 Å². The second-order valence-corrected chi connectivity index (χ2v) is 7.44. The lowest BCUT2D eigenvalue weighted by atomic mass is 10.0. The third-order valence-corrected chi connectivity index (χ3v) is 5.42. The minimum Gasteiger partial charge on any atom is -0.467 e. The van der Waals surface area contributed by atoms with Crippen LogP contribution in [0.3, 0.4) is 0 Å². The summed E-state index contributed by atoms with van der Waals surface area (Å²) in [7, 11) is 1.86. The highest BCUT2D eigenvalue weighted by molar-refractivity contribution is 5.80. The van der Waals surface area contributed by atoms with Crippen molar-refractivity contribution in [2.24, 2.45) is 0 Å². The molecule has 0 saturated carbocycles. The van der Waals surface area contributed by atoms with Gasteiger partial charge in [-0.15, -0.1) is 0 Å². The number of nitro benzene ring substituents is 1. The van der Waals surface area contributed by atoms with Crippen LogP contribution in [-0.4, -0.2) is 34.2 Å². The molecule has 1 atom stereocenters. The predicted molar refractivity (Wildman–Crippen MR) is 110 cm³/mol. The standard InChI is InChI=1S/C22H27N3O4/c1-17(18-8-6-11-20(14-18)25(27)28)23(2)16-22(26)24(15-21-12-7-13-29-21)19-9-4-3-5-10-19/h6-9,11-14,17H,3-5,10,15-16H2,1-2H3/t17-/m1/s1. The van der Waals surface area contributed by atoms with E-state index in [1.807, 2.05) is 42.0 Å². The van der Waals surface area contributed by atoms with E-state index >= 15 is 0 Å². The maximum absolute atomic E-state index is 13.2. The van der Waals surface area contributed by atoms with Crippen LogP contribution in [0.2, 0.25) is 0 Å². The van der Waals surface area contributed by atoms with Crippen molar-refractivity contribution in [3.05, 3.63) is 75.9 Å². The second kappa shape index (κ2) is 9.52. The van der Waals surface area contributed by atoms with Gasteiger partial charge in [-0.1, -0.05) is 18.2 Å². The Morgan fingerprint density at radius 3 is 2.76 bits per heavy atom. The molecule has 0 bridgehead atoms. The molecule has 0 N–H and O–H groups in total. The summed E-state index contributed by atoms with van der Waals surface area (Å²) >= 11 is 0. The SMILES string of the molecule is C[C@H](c1cccc([N+](=O)[O-])c1)N(C)CC(=O)N(Cc1ccco1)C1=CCCCC1. The van der Waals surface area contributed by atoms with Gasteiger partial charge in [-0.05, 0) is 57.4 Å². The van der Waals surface area contributed by atoms with Crippen molar-refractivity contribution < 1.29 is 14.1 Å². The first-order chi connectivity index (χ1) is 14.0. The zero-order chi connectivity index (χ0) is 20.8. The first kappa shape index (κ1) is 20.8. The highest BCUT2D eigenvalue weighted by Crippen LogP contribution is 2.26. The van der Waals surface area contributed by atoms with E-state index in [2.05, 4.69) is 6.08 Å². The lowest BCUT2D eigenvalue weighted by Gasteiger charge is -2.31. The number of hydrogen-bond acceptors (Lipinski definition) is 5. The van der Waals surface area contributed by atoms with E-state index in [9.17, 15) is 14.9 Å². The fourth-order valence-corrected chi connectivity index (χ4v) is 3.56. The molecule has 0 saturated heterocycles. The maximum Gasteiger partial charge on any atom is 0.269 e. The van der Waals surface area contributed by atoms with Crippen LogP contribution in [0.1, 0.15) is 50.0 Å². The number of hydrogen-bond donors (Lipinski definition) is 0. The van der Waals surface area contributed by atoms with Crippen molar-refractivity contribution in [3.63, 3.8) is 0 Å². The first-order valence-electron chi connectivity index (χ1n) is 9.92. The van der Waals surface area contributed by atoms with E-state index in [0.717, 1.165) is 42.7 Å². The van der Waals surface area contributed by atoms with E-state index in [1.165, 1.54) is 6.07 Å². The Morgan fingerprint density at radius 1 is 1.28 bits per heavy atom. The molecule has 1 aliphatic rings. The molecule has 1 aromatic carbocycles. The summed E-state index contributed by atoms with van der Waals surface area (Å²) in [6.45, 7) is 2.57. The van der Waals surface area contributed by atoms with Gasteiger partial charge in [-0.2, -0.15) is 0 Å². The van der Waals surface area contributed by atoms with Gasteiger partial charge in [0.15, 0.2) is 0 Å². The zero-order valence-corrected chi connectivity index (χ0v) is 16.9. The Morgan fingerprint density at radius 2 is 2.10 bits per heavy atom. The minimum atomic E-state index is -0.401. The number of carbonyl (C=O) groups excluding carboxylic acids is 1. The number of likely N-dealkylation sites (N-methyl/N-ethyl adjacent to an activating group) is 1. The van der Waals surface area contributed by atoms with Crippen LogP contribution in [0.15, 0.2) is 58.9 Å². The van der Waals surface area contributed by atoms with Crippen LogP contribution in [0.5, 0.6) is 0 Å². The fourth-order valence-electron chi connectivity index (χ4n) is 3.56. The van der Waals surface area contributed by atoms with Crippen molar-refractivity contribution >= 4 is 11.6 Å². The van der Waals surface area contributed by atoms with Gasteiger partial charge < -0.3 is 9.32 Å². The van der Waals surface area contributed by atoms with Crippen LogP contribution < -0.4 is 0 Å². The van der Waals surface area contributed by atoms with Gasteiger partial charge in [-0.25, -0.2) is 0 Å². The molecule has 1 heterocycles. The van der Waals surface area contributed by atoms with E-state index in [4.69, 9.17) is 4.42 Å². The van der Waals surface area contributed by atoms with E-state index in [0.29, 0.717) is 6.54 Å². The molecule has 0 fully saturated rings. The summed E-state index contributed by atoms with van der Waals surface area (Å²) < 4.78 is 5.46. The quantitative estimate of drug-likeness (QED) is 0.478. The molecular weight excluding hydrogens is 370 g/mol. The topological polar surface area (TPSA) is 79.8 Å². The second-order valence-electron chi connectivity index (χ2n) is 7.44. The molecule has 7 nitrogen and oxygen atoms in total. The summed E-state index contributed by atoms with van der Waals surface area (Å²) in [6.07, 6.45) is 7.86. The van der Waals surface area contributed by atoms with Crippen LogP contribution in [-0.2, 0) is 11.3 Å². The maximum atomic E-state index is 13.2. The Hall–Kier alpha value is -2.93. The number of nitro groups is 1. The lowest BCUT2D eigenvalue weighted by Crippen LogP contribution is -2.39. The third-order valence-electron chi connectivity index (χ3n) is 5.42. The average molecular weight is 397 g/mol. The first-order valence-corrected chi connectivity index (χ1v) is 9.92. The molecule has 0 aliphatic heterocycles. The molecule has 1 aliphatic carbocycles. The summed E-state index contributed by atoms with van der Waals surface area (Å²) in [6, 6.07) is 10.1. The normalized spacial score (nSPS) is 15.1. The van der Waals surface area contributed by atoms with Crippen molar-refractivity contribution in [2.45, 2.75) is 45.2 Å². The number of amides is 1. The van der Waals surface area contributed by atoms with Crippen LogP contribution in [0, 0.1) is 10.1 Å². The predicted octanol–water partition coefficient (Wildman–Crippen LogP) is 4.67. The Kier molecular flexibility index (Phi) is 6.82. The van der Waals surface area contributed by atoms with Gasteiger partial charge >= 0.3 is 0 Å². The number of nitrogens with zero attached hydrogens (tertiary/aromatic N) is 3. The highest BCUT2D eigenvalue weighted by atomic mass is 16.6. The molecule has 1 amide bonds. The molecular formula is C22H27N3O4. The minimum absolute atomic E-state index is 0.00525. The van der Waals surface area contributed by atoms with Crippen LogP contribution in [0.4, 0.5) is 5.69 Å². The van der Waals surface area contributed by atoms with Gasteiger partial charge in [0.1, 0.15) is 5.76 Å². The summed E-state index contributed by atoms with van der Waals surface area (Å²) in [5.41, 5.74) is 1.92. The highest BCUT2D eigenvalue weighted by Gasteiger charge is 2.24. The number of carbonyl (C=O) groups is 1. The molecule has 7 heteroatoms. The Balaban J connectivity index is 1.73. The van der Waals surface area contributed by atoms with E-state index in [1.54, 1.807) is 18.4 Å². The number of allylic oxidation sites excluding steroid dienone is 2. The third kappa shape index (κ3) is 5.32. The van der Waals surface area contributed by atoms with E-state index < -0.39 is 4.92 Å². The largest absolute Gasteiger partial charge is 0.467 e. The zero-order valence-electron chi connectivity index (χ0n) is 16.9. The average Bonchev–Trinajstić information content (AvgIpc) is 3.25. The molecule has 154 valence electrons. The molecule has 1 aromatic heterocycles. The molecule has 0 radical (unpaired) electrons. The van der Waals surface area contributed by atoms with Crippen molar-refractivity contribution in [3.8, 4) is 0 Å². The number of benzene rings is 1. The van der Waals surface area contributed by atoms with Crippen molar-refractivity contribution in [2.75, 3.05) is 13.6 Å². The summed E-state index contributed by atoms with van der Waals surface area (Å²) in [5.74, 6) is 0.744. The van der Waals surface area contributed by atoms with Crippen LogP contribution >= 0.6 is 0 Å². The van der Waals surface area contributed by atoms with Gasteiger partial charge in [0.2, 0.25) is 5.91 Å². The monoisotopic (exact) mass is 397 g/mol. The molecule has 2 aromatic rings. The number of furan rings is 1. The van der Waals surface area contributed by atoms with Crippen molar-refractivity contribution in [1.82, 2.24) is 9.80 Å². The smallest absolute Gasteiger partial charge is 0.269 e.